The zero-order valence-electron chi connectivity index (χ0n) is 11.8. The number of ether oxygens (including phenoxy) is 2. The van der Waals surface area contributed by atoms with Crippen LogP contribution in [0.2, 0.25) is 0 Å². The van der Waals surface area contributed by atoms with Gasteiger partial charge in [-0.1, -0.05) is 26.0 Å². The van der Waals surface area contributed by atoms with Gasteiger partial charge in [0.25, 0.3) is 0 Å². The van der Waals surface area contributed by atoms with Gasteiger partial charge in [-0.25, -0.2) is 4.68 Å². The van der Waals surface area contributed by atoms with Crippen molar-refractivity contribution in [1.82, 2.24) is 30.4 Å². The molecule has 0 radical (unpaired) electrons. The minimum absolute atomic E-state index is 0.0198. The molecule has 0 amide bonds. The third-order valence-electron chi connectivity index (χ3n) is 3.22. The van der Waals surface area contributed by atoms with E-state index in [1.807, 2.05) is 10.9 Å². The quantitative estimate of drug-likeness (QED) is 0.887. The zero-order valence-corrected chi connectivity index (χ0v) is 11.8. The van der Waals surface area contributed by atoms with Crippen molar-refractivity contribution in [1.29, 1.82) is 0 Å². The molecule has 0 spiro atoms. The lowest BCUT2D eigenvalue weighted by molar-refractivity contribution is -0.0247. The van der Waals surface area contributed by atoms with Crippen LogP contribution in [0.5, 0.6) is 5.88 Å². The van der Waals surface area contributed by atoms with E-state index in [2.05, 4.69) is 46.5 Å². The summed E-state index contributed by atoms with van der Waals surface area (Å²) in [5.41, 5.74) is 1.14. The first kappa shape index (κ1) is 13.0. The highest BCUT2D eigenvalue weighted by Crippen LogP contribution is 2.33. The van der Waals surface area contributed by atoms with Crippen molar-refractivity contribution in [3.05, 3.63) is 17.6 Å². The number of rotatable bonds is 3. The largest absolute Gasteiger partial charge is 0.475 e. The van der Waals surface area contributed by atoms with Gasteiger partial charge in [0.15, 0.2) is 5.82 Å². The molecule has 8 heteroatoms. The van der Waals surface area contributed by atoms with Gasteiger partial charge in [0, 0.05) is 5.56 Å². The minimum Gasteiger partial charge on any atom is -0.475 e. The molecule has 2 aromatic rings. The van der Waals surface area contributed by atoms with E-state index in [1.54, 1.807) is 0 Å². The second kappa shape index (κ2) is 4.86. The Balaban J connectivity index is 1.66. The molecule has 3 heterocycles. The van der Waals surface area contributed by atoms with Gasteiger partial charge in [-0.05, 0) is 5.41 Å². The summed E-state index contributed by atoms with van der Waals surface area (Å²) in [6.07, 6.45) is 1.81. The zero-order chi connectivity index (χ0) is 14.2. The lowest BCUT2D eigenvalue weighted by Gasteiger charge is -2.27. The fraction of sp³-hybridized carbons (Fsp3) is 0.667. The van der Waals surface area contributed by atoms with Gasteiger partial charge < -0.3 is 9.47 Å². The lowest BCUT2D eigenvalue weighted by Crippen LogP contribution is -2.33. The first-order chi connectivity index (χ1) is 9.54. The van der Waals surface area contributed by atoms with E-state index in [4.69, 9.17) is 9.47 Å². The Morgan fingerprint density at radius 1 is 1.50 bits per heavy atom. The van der Waals surface area contributed by atoms with Crippen molar-refractivity contribution in [2.75, 3.05) is 6.61 Å². The van der Waals surface area contributed by atoms with Crippen molar-refractivity contribution in [3.8, 4) is 5.88 Å². The summed E-state index contributed by atoms with van der Waals surface area (Å²) >= 11 is 0. The van der Waals surface area contributed by atoms with Gasteiger partial charge in [0.1, 0.15) is 19.3 Å². The number of nitrogens with one attached hydrogen (secondary N) is 1. The number of hydrogen-bond donors (Lipinski definition) is 1. The average Bonchev–Trinajstić information content (AvgIpc) is 3.04. The Labute approximate surface area is 116 Å². The molecule has 1 atom stereocenters. The Hall–Kier alpha value is -1.96. The molecule has 0 saturated heterocycles. The van der Waals surface area contributed by atoms with Crippen molar-refractivity contribution in [3.63, 3.8) is 0 Å². The highest BCUT2D eigenvalue weighted by atomic mass is 16.5. The first-order valence-corrected chi connectivity index (χ1v) is 6.57. The molecule has 2 aromatic heterocycles. The van der Waals surface area contributed by atoms with Crippen LogP contribution in [0.15, 0.2) is 6.20 Å². The number of H-pyrrole nitrogens is 1. The van der Waals surface area contributed by atoms with Gasteiger partial charge in [-0.2, -0.15) is 10.3 Å². The third-order valence-corrected chi connectivity index (χ3v) is 3.22. The van der Waals surface area contributed by atoms with Crippen LogP contribution in [0.1, 0.15) is 32.2 Å². The molecule has 1 aliphatic heterocycles. The summed E-state index contributed by atoms with van der Waals surface area (Å²) in [7, 11) is 0. The topological polar surface area (TPSA) is 90.7 Å². The molecular weight excluding hydrogens is 260 g/mol. The highest BCUT2D eigenvalue weighted by Gasteiger charge is 2.29. The van der Waals surface area contributed by atoms with Gasteiger partial charge >= 0.3 is 0 Å². The SMILES string of the molecule is CC(C)(C)c1cnn2c1OCC(OCc1nn[nH]n1)C2. The Morgan fingerprint density at radius 3 is 3.05 bits per heavy atom. The van der Waals surface area contributed by atoms with Crippen LogP contribution in [0.4, 0.5) is 0 Å². The Morgan fingerprint density at radius 2 is 2.35 bits per heavy atom. The molecule has 0 aliphatic carbocycles. The second-order valence-corrected chi connectivity index (χ2v) is 5.87. The van der Waals surface area contributed by atoms with Crippen LogP contribution in [0.25, 0.3) is 0 Å². The van der Waals surface area contributed by atoms with Crippen molar-refractivity contribution < 1.29 is 9.47 Å². The second-order valence-electron chi connectivity index (χ2n) is 5.87. The fourth-order valence-corrected chi connectivity index (χ4v) is 2.13. The summed E-state index contributed by atoms with van der Waals surface area (Å²) in [6.45, 7) is 7.93. The van der Waals surface area contributed by atoms with Crippen LogP contribution >= 0.6 is 0 Å². The van der Waals surface area contributed by atoms with Crippen molar-refractivity contribution >= 4 is 0 Å². The molecular formula is C12H18N6O2. The molecule has 1 aliphatic rings. The molecule has 0 bridgehead atoms. The summed E-state index contributed by atoms with van der Waals surface area (Å²) in [4.78, 5) is 0. The van der Waals surface area contributed by atoms with Crippen molar-refractivity contribution in [2.24, 2.45) is 0 Å². The average molecular weight is 278 g/mol. The fourth-order valence-electron chi connectivity index (χ4n) is 2.13. The van der Waals surface area contributed by atoms with E-state index >= 15 is 0 Å². The maximum Gasteiger partial charge on any atom is 0.215 e. The van der Waals surface area contributed by atoms with Crippen molar-refractivity contribution in [2.45, 2.75) is 45.4 Å². The first-order valence-electron chi connectivity index (χ1n) is 6.57. The number of aromatic amines is 1. The van der Waals surface area contributed by atoms with Crippen LogP contribution in [0.3, 0.4) is 0 Å². The normalized spacial score (nSPS) is 18.6. The van der Waals surface area contributed by atoms with Gasteiger partial charge in [0.05, 0.1) is 12.7 Å². The van der Waals surface area contributed by atoms with Crippen LogP contribution < -0.4 is 4.74 Å². The van der Waals surface area contributed by atoms with E-state index in [0.29, 0.717) is 25.6 Å². The van der Waals surface area contributed by atoms with Crippen LogP contribution in [-0.4, -0.2) is 43.1 Å². The minimum atomic E-state index is -0.0614. The number of hydrogen-bond acceptors (Lipinski definition) is 6. The highest BCUT2D eigenvalue weighted by molar-refractivity contribution is 5.32. The standard InChI is InChI=1S/C12H18N6O2/c1-12(2,3)9-4-13-18-5-8(6-20-11(9)18)19-7-10-14-16-17-15-10/h4,8H,5-7H2,1-3H3,(H,14,15,16,17). The summed E-state index contributed by atoms with van der Waals surface area (Å²) in [6, 6.07) is 0. The van der Waals surface area contributed by atoms with Crippen LogP contribution in [0, 0.1) is 0 Å². The molecule has 1 N–H and O–H groups in total. The molecule has 108 valence electrons. The van der Waals surface area contributed by atoms with Gasteiger partial charge in [-0.15, -0.1) is 10.2 Å². The molecule has 0 saturated carbocycles. The smallest absolute Gasteiger partial charge is 0.215 e. The number of tetrazole rings is 1. The van der Waals surface area contributed by atoms with E-state index < -0.39 is 0 Å². The molecule has 1 unspecified atom stereocenters. The van der Waals surface area contributed by atoms with Gasteiger partial charge in [0.2, 0.25) is 5.88 Å². The molecule has 3 rings (SSSR count). The Bertz CT molecular complexity index is 571. The number of aromatic nitrogens is 6. The Kier molecular flexibility index (Phi) is 3.17. The molecule has 0 fully saturated rings. The predicted molar refractivity (Wildman–Crippen MR) is 69.2 cm³/mol. The maximum absolute atomic E-state index is 5.81. The predicted octanol–water partition coefficient (Wildman–Crippen LogP) is 0.671. The summed E-state index contributed by atoms with van der Waals surface area (Å²) in [5.74, 6) is 1.38. The van der Waals surface area contributed by atoms with Crippen LogP contribution in [-0.2, 0) is 23.3 Å². The number of fused-ring (bicyclic) bond motifs is 1. The van der Waals surface area contributed by atoms with E-state index in [0.717, 1.165) is 11.4 Å². The molecule has 0 aromatic carbocycles. The summed E-state index contributed by atoms with van der Waals surface area (Å²) in [5, 5.41) is 18.0. The van der Waals surface area contributed by atoms with Gasteiger partial charge in [-0.3, -0.25) is 0 Å². The number of nitrogens with zero attached hydrogens (tertiary/aromatic N) is 5. The molecule has 8 nitrogen and oxygen atoms in total. The van der Waals surface area contributed by atoms with E-state index in [9.17, 15) is 0 Å². The van der Waals surface area contributed by atoms with E-state index in [-0.39, 0.29) is 11.5 Å². The third kappa shape index (κ3) is 2.51. The monoisotopic (exact) mass is 278 g/mol. The van der Waals surface area contributed by atoms with E-state index in [1.165, 1.54) is 0 Å². The lowest BCUT2D eigenvalue weighted by atomic mass is 9.89. The maximum atomic E-state index is 5.81. The summed E-state index contributed by atoms with van der Waals surface area (Å²) < 4.78 is 13.4. The molecule has 20 heavy (non-hydrogen) atoms.